The van der Waals surface area contributed by atoms with E-state index in [0.717, 1.165) is 18.2 Å². The largest absolute Gasteiger partial charge is 0.507 e. The van der Waals surface area contributed by atoms with Gasteiger partial charge in [-0.05, 0) is 36.4 Å². The highest BCUT2D eigenvalue weighted by Crippen LogP contribution is 2.26. The van der Waals surface area contributed by atoms with Crippen molar-refractivity contribution in [2.45, 2.75) is 0 Å². The molecule has 1 amide bonds. The normalized spacial score (nSPS) is 10.2. The quantitative estimate of drug-likeness (QED) is 0.740. The lowest BCUT2D eigenvalue weighted by Crippen LogP contribution is -2.12. The van der Waals surface area contributed by atoms with Gasteiger partial charge in [0.15, 0.2) is 0 Å². The van der Waals surface area contributed by atoms with Gasteiger partial charge in [0.1, 0.15) is 11.6 Å². The minimum Gasteiger partial charge on any atom is -0.507 e. The lowest BCUT2D eigenvalue weighted by Gasteiger charge is -2.09. The molecule has 6 heteroatoms. The van der Waals surface area contributed by atoms with Gasteiger partial charge in [-0.25, -0.2) is 4.39 Å². The summed E-state index contributed by atoms with van der Waals surface area (Å²) in [7, 11) is 0. The van der Waals surface area contributed by atoms with Crippen LogP contribution >= 0.6 is 11.6 Å². The second kappa shape index (κ2) is 5.16. The summed E-state index contributed by atoms with van der Waals surface area (Å²) >= 11 is 5.90. The van der Waals surface area contributed by atoms with E-state index in [1.165, 1.54) is 12.1 Å². The van der Waals surface area contributed by atoms with Crippen molar-refractivity contribution in [3.05, 3.63) is 52.8 Å². The van der Waals surface area contributed by atoms with E-state index in [9.17, 15) is 14.3 Å². The molecule has 0 fully saturated rings. The fraction of sp³-hybridized carbons (Fsp3) is 0. The number of carbonyl (C=O) groups excluding carboxylic acids is 1. The van der Waals surface area contributed by atoms with E-state index < -0.39 is 11.7 Å². The summed E-state index contributed by atoms with van der Waals surface area (Å²) in [4.78, 5) is 11.9. The van der Waals surface area contributed by atoms with Crippen molar-refractivity contribution in [2.24, 2.45) is 0 Å². The summed E-state index contributed by atoms with van der Waals surface area (Å²) in [6.45, 7) is 0. The molecule has 19 heavy (non-hydrogen) atoms. The Morgan fingerprint density at radius 1 is 1.26 bits per heavy atom. The van der Waals surface area contributed by atoms with Crippen molar-refractivity contribution in [3.8, 4) is 5.75 Å². The first kappa shape index (κ1) is 13.2. The van der Waals surface area contributed by atoms with Crippen LogP contribution in [0.15, 0.2) is 36.4 Å². The average Bonchev–Trinajstić information content (AvgIpc) is 2.35. The fourth-order valence-corrected chi connectivity index (χ4v) is 1.75. The van der Waals surface area contributed by atoms with Crippen LogP contribution in [0.4, 0.5) is 15.8 Å². The maximum atomic E-state index is 13.0. The molecule has 0 saturated heterocycles. The molecule has 98 valence electrons. The van der Waals surface area contributed by atoms with Gasteiger partial charge in [0.25, 0.3) is 5.91 Å². The lowest BCUT2D eigenvalue weighted by atomic mass is 10.1. The molecule has 0 heterocycles. The number of nitrogens with two attached hydrogens (primary N) is 1. The minimum absolute atomic E-state index is 0.173. The van der Waals surface area contributed by atoms with E-state index in [1.807, 2.05) is 0 Å². The number of phenols is 1. The number of nitrogen functional groups attached to an aromatic ring is 1. The number of benzene rings is 2. The van der Waals surface area contributed by atoms with Gasteiger partial charge >= 0.3 is 0 Å². The molecule has 2 rings (SSSR count). The molecule has 0 radical (unpaired) electrons. The number of carbonyl (C=O) groups is 1. The van der Waals surface area contributed by atoms with E-state index in [4.69, 9.17) is 17.3 Å². The van der Waals surface area contributed by atoms with Crippen molar-refractivity contribution in [1.82, 2.24) is 0 Å². The average molecular weight is 281 g/mol. The number of hydrogen-bond donors (Lipinski definition) is 3. The lowest BCUT2D eigenvalue weighted by molar-refractivity contribution is 0.102. The number of halogens is 2. The van der Waals surface area contributed by atoms with Crippen LogP contribution in [0.25, 0.3) is 0 Å². The first-order valence-electron chi connectivity index (χ1n) is 5.32. The van der Waals surface area contributed by atoms with Gasteiger partial charge in [-0.1, -0.05) is 11.6 Å². The van der Waals surface area contributed by atoms with Gasteiger partial charge in [-0.2, -0.15) is 0 Å². The van der Waals surface area contributed by atoms with Crippen LogP contribution in [0.1, 0.15) is 10.4 Å². The molecule has 4 N–H and O–H groups in total. The third kappa shape index (κ3) is 2.95. The second-order valence-corrected chi connectivity index (χ2v) is 4.26. The van der Waals surface area contributed by atoms with Crippen LogP contribution in [0.2, 0.25) is 5.02 Å². The summed E-state index contributed by atoms with van der Waals surface area (Å²) < 4.78 is 13.0. The second-order valence-electron chi connectivity index (χ2n) is 3.85. The zero-order valence-corrected chi connectivity index (χ0v) is 10.4. The smallest absolute Gasteiger partial charge is 0.259 e. The summed E-state index contributed by atoms with van der Waals surface area (Å²) in [6.07, 6.45) is 0. The zero-order valence-electron chi connectivity index (χ0n) is 9.65. The summed E-state index contributed by atoms with van der Waals surface area (Å²) in [5.74, 6) is -1.60. The Balaban J connectivity index is 2.28. The molecule has 2 aromatic rings. The predicted octanol–water partition coefficient (Wildman–Crippen LogP) is 3.02. The molecular formula is C13H10ClFN2O2. The van der Waals surface area contributed by atoms with Crippen LogP contribution in [0.5, 0.6) is 5.75 Å². The zero-order chi connectivity index (χ0) is 14.0. The van der Waals surface area contributed by atoms with Crippen LogP contribution in [-0.4, -0.2) is 11.0 Å². The summed E-state index contributed by atoms with van der Waals surface area (Å²) in [5, 5.41) is 12.2. The van der Waals surface area contributed by atoms with Crippen molar-refractivity contribution in [2.75, 3.05) is 11.1 Å². The van der Waals surface area contributed by atoms with E-state index in [0.29, 0.717) is 11.4 Å². The molecule has 2 aromatic carbocycles. The number of anilines is 2. The number of aromatic hydroxyl groups is 1. The maximum Gasteiger partial charge on any atom is 0.259 e. The Morgan fingerprint density at radius 3 is 2.68 bits per heavy atom. The molecule has 0 bridgehead atoms. The van der Waals surface area contributed by atoms with Gasteiger partial charge in [0, 0.05) is 5.69 Å². The number of rotatable bonds is 2. The summed E-state index contributed by atoms with van der Waals surface area (Å²) in [6, 6.07) is 7.66. The molecule has 0 aliphatic carbocycles. The molecule has 4 nitrogen and oxygen atoms in total. The van der Waals surface area contributed by atoms with E-state index in [2.05, 4.69) is 5.32 Å². The van der Waals surface area contributed by atoms with Gasteiger partial charge in [-0.3, -0.25) is 4.79 Å². The number of amides is 1. The molecular weight excluding hydrogens is 271 g/mol. The van der Waals surface area contributed by atoms with Crippen molar-refractivity contribution >= 4 is 28.9 Å². The Morgan fingerprint density at radius 2 is 2.00 bits per heavy atom. The SMILES string of the molecule is Nc1ccc(NC(=O)c2cc(F)ccc2O)c(Cl)c1. The third-order valence-corrected chi connectivity index (χ3v) is 2.76. The standard InChI is InChI=1S/C13H10ClFN2O2/c14-10-6-8(16)2-3-11(10)17-13(19)9-5-7(15)1-4-12(9)18/h1-6,18H,16H2,(H,17,19). The molecule has 0 spiro atoms. The monoisotopic (exact) mass is 280 g/mol. The fourth-order valence-electron chi connectivity index (χ4n) is 1.51. The highest BCUT2D eigenvalue weighted by atomic mass is 35.5. The topological polar surface area (TPSA) is 75.3 Å². The van der Waals surface area contributed by atoms with E-state index in [1.54, 1.807) is 6.07 Å². The predicted molar refractivity (Wildman–Crippen MR) is 71.9 cm³/mol. The molecule has 0 saturated carbocycles. The minimum atomic E-state index is -0.663. The highest BCUT2D eigenvalue weighted by molar-refractivity contribution is 6.34. The van der Waals surface area contributed by atoms with Crippen LogP contribution < -0.4 is 11.1 Å². The van der Waals surface area contributed by atoms with Crippen molar-refractivity contribution < 1.29 is 14.3 Å². The van der Waals surface area contributed by atoms with Crippen LogP contribution in [0.3, 0.4) is 0 Å². The van der Waals surface area contributed by atoms with Crippen LogP contribution in [0, 0.1) is 5.82 Å². The van der Waals surface area contributed by atoms with Gasteiger partial charge in [0.2, 0.25) is 0 Å². The van der Waals surface area contributed by atoms with E-state index >= 15 is 0 Å². The van der Waals surface area contributed by atoms with Crippen LogP contribution in [-0.2, 0) is 0 Å². The van der Waals surface area contributed by atoms with E-state index in [-0.39, 0.29) is 16.3 Å². The van der Waals surface area contributed by atoms with Crippen molar-refractivity contribution in [1.29, 1.82) is 0 Å². The number of phenolic OH excluding ortho intramolecular Hbond substituents is 1. The van der Waals surface area contributed by atoms with Gasteiger partial charge in [0.05, 0.1) is 16.3 Å². The van der Waals surface area contributed by atoms with Gasteiger partial charge in [-0.15, -0.1) is 0 Å². The Bertz CT molecular complexity index is 647. The molecule has 0 atom stereocenters. The Labute approximate surface area is 113 Å². The first-order chi connectivity index (χ1) is 8.97. The first-order valence-corrected chi connectivity index (χ1v) is 5.70. The molecule has 0 unspecified atom stereocenters. The highest BCUT2D eigenvalue weighted by Gasteiger charge is 2.13. The Hall–Kier alpha value is -2.27. The maximum absolute atomic E-state index is 13.0. The summed E-state index contributed by atoms with van der Waals surface area (Å²) in [5.41, 5.74) is 6.13. The molecule has 0 aromatic heterocycles. The number of hydrogen-bond acceptors (Lipinski definition) is 3. The van der Waals surface area contributed by atoms with Gasteiger partial charge < -0.3 is 16.2 Å². The Kier molecular flexibility index (Phi) is 3.57. The number of nitrogens with one attached hydrogen (secondary N) is 1. The molecule has 0 aliphatic rings. The molecule has 0 aliphatic heterocycles. The third-order valence-electron chi connectivity index (χ3n) is 2.44. The van der Waals surface area contributed by atoms with Crippen molar-refractivity contribution in [3.63, 3.8) is 0 Å².